The summed E-state index contributed by atoms with van der Waals surface area (Å²) >= 11 is 12.3. The molecule has 0 fully saturated rings. The van der Waals surface area contributed by atoms with Gasteiger partial charge < -0.3 is 15.6 Å². The van der Waals surface area contributed by atoms with E-state index in [4.69, 9.17) is 28.5 Å². The van der Waals surface area contributed by atoms with Crippen LogP contribution >= 0.6 is 23.2 Å². The van der Waals surface area contributed by atoms with E-state index in [2.05, 4.69) is 30.6 Å². The lowest BCUT2D eigenvalue weighted by Crippen LogP contribution is -2.15. The topological polar surface area (TPSA) is 102 Å². The number of nitrogens with zero attached hydrogens (tertiary/aromatic N) is 4. The Morgan fingerprint density at radius 1 is 0.935 bits per heavy atom. The van der Waals surface area contributed by atoms with Crippen LogP contribution in [0, 0.1) is 11.3 Å². The Bertz CT molecular complexity index is 1230. The number of aromatic nitrogens is 4. The third-order valence-electron chi connectivity index (χ3n) is 4.42. The Morgan fingerprint density at radius 2 is 1.77 bits per heavy atom. The van der Waals surface area contributed by atoms with Crippen LogP contribution in [-0.4, -0.2) is 33.0 Å². The molecule has 9 heteroatoms. The predicted octanol–water partition coefficient (Wildman–Crippen LogP) is 5.24. The van der Waals surface area contributed by atoms with E-state index in [-0.39, 0.29) is 0 Å². The quantitative estimate of drug-likeness (QED) is 0.333. The van der Waals surface area contributed by atoms with Gasteiger partial charge in [-0.3, -0.25) is 0 Å². The molecule has 3 N–H and O–H groups in total. The summed E-state index contributed by atoms with van der Waals surface area (Å²) in [5.41, 5.74) is 2.85. The van der Waals surface area contributed by atoms with Crippen molar-refractivity contribution < 1.29 is 0 Å². The zero-order chi connectivity index (χ0) is 21.6. The highest BCUT2D eigenvalue weighted by atomic mass is 35.5. The van der Waals surface area contributed by atoms with Gasteiger partial charge >= 0.3 is 0 Å². The number of rotatable bonds is 7. The number of anilines is 2. The van der Waals surface area contributed by atoms with Crippen molar-refractivity contribution >= 4 is 34.8 Å². The van der Waals surface area contributed by atoms with Crippen molar-refractivity contribution in [3.8, 4) is 28.8 Å². The minimum Gasteiger partial charge on any atom is -0.368 e. The number of halogens is 2. The third-order valence-corrected chi connectivity index (χ3v) is 4.97. The summed E-state index contributed by atoms with van der Waals surface area (Å²) < 4.78 is 0. The normalized spacial score (nSPS) is 10.5. The predicted molar refractivity (Wildman–Crippen MR) is 123 cm³/mol. The largest absolute Gasteiger partial charge is 0.368 e. The van der Waals surface area contributed by atoms with Crippen molar-refractivity contribution in [3.05, 3.63) is 76.5 Å². The minimum absolute atomic E-state index is 0.532. The van der Waals surface area contributed by atoms with E-state index in [1.165, 1.54) is 6.20 Å². The molecule has 0 amide bonds. The maximum absolute atomic E-state index is 8.81. The lowest BCUT2D eigenvalue weighted by atomic mass is 10.2. The molecule has 4 rings (SSSR count). The molecular weight excluding hydrogens is 433 g/mol. The number of imidazole rings is 1. The van der Waals surface area contributed by atoms with Crippen molar-refractivity contribution in [1.29, 1.82) is 5.26 Å². The fourth-order valence-corrected chi connectivity index (χ4v) is 3.42. The standard InChI is InChI=1S/C22H17Cl2N7/c23-15-5-6-16(17(24)10-15)19-13-29-22(31-19)18-2-1-3-21(30-18)27-9-8-26-20-7-4-14(11-25)12-28-20/h1-7,10,12-13H,8-9H2,(H,26,28)(H,27,30)(H,29,31). The molecule has 4 aromatic rings. The van der Waals surface area contributed by atoms with E-state index in [0.29, 0.717) is 46.0 Å². The van der Waals surface area contributed by atoms with Crippen LogP contribution < -0.4 is 10.6 Å². The number of nitriles is 1. The molecule has 3 heterocycles. The van der Waals surface area contributed by atoms with Gasteiger partial charge in [0.25, 0.3) is 0 Å². The highest BCUT2D eigenvalue weighted by Crippen LogP contribution is 2.30. The molecule has 1 aromatic carbocycles. The second kappa shape index (κ2) is 9.47. The number of aromatic amines is 1. The van der Waals surface area contributed by atoms with Gasteiger partial charge in [0.15, 0.2) is 5.82 Å². The average molecular weight is 450 g/mol. The molecule has 0 radical (unpaired) electrons. The fourth-order valence-electron chi connectivity index (χ4n) is 2.91. The number of nitrogens with one attached hydrogen (secondary N) is 3. The molecule has 31 heavy (non-hydrogen) atoms. The van der Waals surface area contributed by atoms with Gasteiger partial charge in [-0.15, -0.1) is 0 Å². The maximum atomic E-state index is 8.81. The van der Waals surface area contributed by atoms with Crippen molar-refractivity contribution in [1.82, 2.24) is 19.9 Å². The van der Waals surface area contributed by atoms with Crippen molar-refractivity contribution in [2.45, 2.75) is 0 Å². The number of pyridine rings is 2. The molecular formula is C22H17Cl2N7. The van der Waals surface area contributed by atoms with Crippen molar-refractivity contribution in [3.63, 3.8) is 0 Å². The Morgan fingerprint density at radius 3 is 2.52 bits per heavy atom. The second-order valence-corrected chi connectivity index (χ2v) is 7.42. The van der Waals surface area contributed by atoms with Crippen molar-refractivity contribution in [2.75, 3.05) is 23.7 Å². The minimum atomic E-state index is 0.532. The van der Waals surface area contributed by atoms with Crippen LogP contribution in [0.5, 0.6) is 0 Å². The molecule has 0 bridgehead atoms. The summed E-state index contributed by atoms with van der Waals surface area (Å²) in [5, 5.41) is 16.4. The molecule has 3 aromatic heterocycles. The Labute approximate surface area is 189 Å². The van der Waals surface area contributed by atoms with Crippen LogP contribution in [0.15, 0.2) is 60.9 Å². The van der Waals surface area contributed by atoms with Crippen LogP contribution in [0.25, 0.3) is 22.8 Å². The summed E-state index contributed by atoms with van der Waals surface area (Å²) in [6.07, 6.45) is 3.26. The first-order valence-corrected chi connectivity index (χ1v) is 10.2. The summed E-state index contributed by atoms with van der Waals surface area (Å²) in [5.74, 6) is 2.09. The molecule has 0 aliphatic rings. The van der Waals surface area contributed by atoms with Gasteiger partial charge in [0, 0.05) is 29.9 Å². The molecule has 154 valence electrons. The number of hydrogen-bond donors (Lipinski definition) is 3. The van der Waals surface area contributed by atoms with Gasteiger partial charge in [-0.05, 0) is 42.5 Å². The first-order chi connectivity index (χ1) is 15.1. The van der Waals surface area contributed by atoms with E-state index < -0.39 is 0 Å². The van der Waals surface area contributed by atoms with E-state index >= 15 is 0 Å². The van der Waals surface area contributed by atoms with Gasteiger partial charge in [-0.2, -0.15) is 5.26 Å². The van der Waals surface area contributed by atoms with Gasteiger partial charge in [-0.25, -0.2) is 15.0 Å². The summed E-state index contributed by atoms with van der Waals surface area (Å²) in [4.78, 5) is 16.5. The summed E-state index contributed by atoms with van der Waals surface area (Å²) in [6, 6.07) is 16.6. The SMILES string of the molecule is N#Cc1ccc(NCCNc2cccc(-c3ncc(-c4ccc(Cl)cc4Cl)[nH]3)n2)nc1. The van der Waals surface area contributed by atoms with Crippen LogP contribution in [0.4, 0.5) is 11.6 Å². The fraction of sp³-hybridized carbons (Fsp3) is 0.0909. The van der Waals surface area contributed by atoms with Gasteiger partial charge in [0.05, 0.1) is 22.5 Å². The molecule has 0 saturated carbocycles. The molecule has 0 saturated heterocycles. The Balaban J connectivity index is 1.38. The highest BCUT2D eigenvalue weighted by molar-refractivity contribution is 6.36. The number of benzene rings is 1. The molecule has 7 nitrogen and oxygen atoms in total. The molecule has 0 atom stereocenters. The molecule has 0 aliphatic carbocycles. The zero-order valence-corrected chi connectivity index (χ0v) is 17.7. The first kappa shape index (κ1) is 20.7. The Hall–Kier alpha value is -3.60. The van der Waals surface area contributed by atoms with Gasteiger partial charge in [-0.1, -0.05) is 29.3 Å². The smallest absolute Gasteiger partial charge is 0.156 e. The monoisotopic (exact) mass is 449 g/mol. The van der Waals surface area contributed by atoms with Crippen LogP contribution in [0.1, 0.15) is 5.56 Å². The number of hydrogen-bond acceptors (Lipinski definition) is 6. The molecule has 0 spiro atoms. The maximum Gasteiger partial charge on any atom is 0.156 e. The van der Waals surface area contributed by atoms with Gasteiger partial charge in [0.2, 0.25) is 0 Å². The summed E-state index contributed by atoms with van der Waals surface area (Å²) in [6.45, 7) is 1.28. The first-order valence-electron chi connectivity index (χ1n) is 9.44. The van der Waals surface area contributed by atoms with Gasteiger partial charge in [0.1, 0.15) is 23.4 Å². The lowest BCUT2D eigenvalue weighted by molar-refractivity contribution is 1.04. The molecule has 0 aliphatic heterocycles. The third kappa shape index (κ3) is 5.12. The van der Waals surface area contributed by atoms with E-state index in [1.807, 2.05) is 30.3 Å². The average Bonchev–Trinajstić information content (AvgIpc) is 3.27. The van der Waals surface area contributed by atoms with Crippen LogP contribution in [-0.2, 0) is 0 Å². The highest BCUT2D eigenvalue weighted by Gasteiger charge is 2.10. The van der Waals surface area contributed by atoms with Crippen LogP contribution in [0.3, 0.4) is 0 Å². The Kier molecular flexibility index (Phi) is 6.32. The van der Waals surface area contributed by atoms with E-state index in [1.54, 1.807) is 30.5 Å². The van der Waals surface area contributed by atoms with Crippen molar-refractivity contribution in [2.24, 2.45) is 0 Å². The second-order valence-electron chi connectivity index (χ2n) is 6.58. The zero-order valence-electron chi connectivity index (χ0n) is 16.2. The van der Waals surface area contributed by atoms with E-state index in [0.717, 1.165) is 17.1 Å². The lowest BCUT2D eigenvalue weighted by Gasteiger charge is -2.08. The molecule has 0 unspecified atom stereocenters. The number of H-pyrrole nitrogens is 1. The summed E-state index contributed by atoms with van der Waals surface area (Å²) in [7, 11) is 0. The van der Waals surface area contributed by atoms with E-state index in [9.17, 15) is 0 Å². The van der Waals surface area contributed by atoms with Crippen LogP contribution in [0.2, 0.25) is 10.0 Å².